The van der Waals surface area contributed by atoms with Gasteiger partial charge in [0, 0.05) is 36.1 Å². The second-order valence-corrected chi connectivity index (χ2v) is 8.44. The van der Waals surface area contributed by atoms with Crippen molar-refractivity contribution in [2.24, 2.45) is 0 Å². The van der Waals surface area contributed by atoms with Gasteiger partial charge in [-0.2, -0.15) is 0 Å². The van der Waals surface area contributed by atoms with E-state index in [0.717, 1.165) is 38.9 Å². The number of fused-ring (bicyclic) bond motifs is 1. The number of aromatic nitrogens is 2. The fraction of sp³-hybridized carbons (Fsp3) is 0.231. The molecule has 1 aromatic heterocycles. The first-order chi connectivity index (χ1) is 15.6. The van der Waals surface area contributed by atoms with Crippen molar-refractivity contribution in [3.8, 4) is 5.75 Å². The summed E-state index contributed by atoms with van der Waals surface area (Å²) in [6.45, 7) is 3.87. The summed E-state index contributed by atoms with van der Waals surface area (Å²) in [6, 6.07) is 23.7. The van der Waals surface area contributed by atoms with Crippen LogP contribution in [0.15, 0.2) is 72.8 Å². The van der Waals surface area contributed by atoms with Crippen molar-refractivity contribution in [1.82, 2.24) is 9.55 Å². The summed E-state index contributed by atoms with van der Waals surface area (Å²) in [5.41, 5.74) is 4.06. The Balaban J connectivity index is 1.46. The van der Waals surface area contributed by atoms with E-state index < -0.39 is 0 Å². The number of anilines is 1. The largest absolute Gasteiger partial charge is 0.494 e. The number of rotatable bonds is 6. The highest BCUT2D eigenvalue weighted by molar-refractivity contribution is 6.30. The zero-order valence-corrected chi connectivity index (χ0v) is 18.6. The molecule has 0 saturated carbocycles. The number of benzene rings is 3. The van der Waals surface area contributed by atoms with Crippen molar-refractivity contribution in [2.75, 3.05) is 18.1 Å². The highest BCUT2D eigenvalue weighted by Gasteiger charge is 2.34. The molecule has 1 atom stereocenters. The van der Waals surface area contributed by atoms with E-state index in [0.29, 0.717) is 26.1 Å². The molecule has 0 N–H and O–H groups in total. The first-order valence-electron chi connectivity index (χ1n) is 10.8. The maximum absolute atomic E-state index is 12.9. The fourth-order valence-electron chi connectivity index (χ4n) is 4.36. The van der Waals surface area contributed by atoms with Crippen molar-refractivity contribution in [2.45, 2.75) is 25.8 Å². The Morgan fingerprint density at radius 3 is 2.53 bits per heavy atom. The van der Waals surface area contributed by atoms with Gasteiger partial charge in [-0.05, 0) is 61.0 Å². The number of hydrogen-bond donors (Lipinski definition) is 0. The molecule has 32 heavy (non-hydrogen) atoms. The third-order valence-corrected chi connectivity index (χ3v) is 6.14. The van der Waals surface area contributed by atoms with Crippen LogP contribution in [0.4, 0.5) is 5.69 Å². The van der Waals surface area contributed by atoms with Crippen molar-refractivity contribution in [3.63, 3.8) is 0 Å². The second kappa shape index (κ2) is 8.67. The second-order valence-electron chi connectivity index (χ2n) is 8.00. The maximum Gasteiger partial charge on any atom is 0.227 e. The Morgan fingerprint density at radius 2 is 1.78 bits per heavy atom. The molecule has 0 aliphatic carbocycles. The molecule has 5 rings (SSSR count). The number of hydrogen-bond acceptors (Lipinski definition) is 3. The van der Waals surface area contributed by atoms with Gasteiger partial charge in [-0.3, -0.25) is 4.79 Å². The van der Waals surface area contributed by atoms with Crippen molar-refractivity contribution < 1.29 is 9.53 Å². The third-order valence-electron chi connectivity index (χ3n) is 5.89. The molecule has 162 valence electrons. The molecule has 1 amide bonds. The van der Waals surface area contributed by atoms with Crippen molar-refractivity contribution >= 4 is 34.2 Å². The lowest BCUT2D eigenvalue weighted by atomic mass is 10.1. The number of para-hydroxylation sites is 2. The Hall–Kier alpha value is -3.31. The molecule has 1 saturated heterocycles. The molecule has 1 aliphatic heterocycles. The van der Waals surface area contributed by atoms with Gasteiger partial charge in [0.1, 0.15) is 11.6 Å². The monoisotopic (exact) mass is 445 g/mol. The topological polar surface area (TPSA) is 47.4 Å². The van der Waals surface area contributed by atoms with Crippen LogP contribution < -0.4 is 9.64 Å². The number of ether oxygens (including phenoxy) is 1. The quantitative estimate of drug-likeness (QED) is 0.385. The molecule has 4 aromatic rings. The van der Waals surface area contributed by atoms with Gasteiger partial charge in [-0.1, -0.05) is 35.9 Å². The van der Waals surface area contributed by atoms with Crippen LogP contribution in [0.1, 0.15) is 30.7 Å². The van der Waals surface area contributed by atoms with Gasteiger partial charge in [-0.15, -0.1) is 0 Å². The van der Waals surface area contributed by atoms with E-state index in [2.05, 4.69) is 10.6 Å². The molecule has 5 nitrogen and oxygen atoms in total. The van der Waals surface area contributed by atoms with Crippen molar-refractivity contribution in [1.29, 1.82) is 0 Å². The van der Waals surface area contributed by atoms with Crippen LogP contribution in [0.2, 0.25) is 5.02 Å². The summed E-state index contributed by atoms with van der Waals surface area (Å²) >= 11 is 6.07. The normalized spacial score (nSPS) is 16.1. The molecular formula is C26H24ClN3O2. The number of carbonyl (C=O) groups excluding carboxylic acids is 1. The van der Waals surface area contributed by atoms with Gasteiger partial charge in [0.2, 0.25) is 5.91 Å². The lowest BCUT2D eigenvalue weighted by molar-refractivity contribution is -0.117. The zero-order valence-electron chi connectivity index (χ0n) is 17.9. The molecule has 6 heteroatoms. The Morgan fingerprint density at radius 1 is 1.03 bits per heavy atom. The minimum absolute atomic E-state index is 0.0220. The lowest BCUT2D eigenvalue weighted by Crippen LogP contribution is -2.24. The number of amides is 1. The first kappa shape index (κ1) is 20.6. The van der Waals surface area contributed by atoms with E-state index in [4.69, 9.17) is 21.3 Å². The predicted molar refractivity (Wildman–Crippen MR) is 128 cm³/mol. The van der Waals surface area contributed by atoms with E-state index >= 15 is 0 Å². The van der Waals surface area contributed by atoms with E-state index in [1.54, 1.807) is 0 Å². The molecule has 2 heterocycles. The minimum atomic E-state index is 0.0220. The van der Waals surface area contributed by atoms with Crippen LogP contribution in [0.3, 0.4) is 0 Å². The summed E-state index contributed by atoms with van der Waals surface area (Å²) in [5, 5.41) is 0.719. The zero-order chi connectivity index (χ0) is 22.1. The highest BCUT2D eigenvalue weighted by atomic mass is 35.5. The van der Waals surface area contributed by atoms with Crippen LogP contribution >= 0.6 is 11.6 Å². The predicted octanol–water partition coefficient (Wildman–Crippen LogP) is 5.66. The summed E-state index contributed by atoms with van der Waals surface area (Å²) in [4.78, 5) is 19.7. The van der Waals surface area contributed by atoms with Crippen LogP contribution in [-0.4, -0.2) is 28.6 Å². The van der Waals surface area contributed by atoms with E-state index in [1.165, 1.54) is 0 Å². The van der Waals surface area contributed by atoms with Gasteiger partial charge >= 0.3 is 0 Å². The van der Waals surface area contributed by atoms with Gasteiger partial charge < -0.3 is 14.2 Å². The SMILES string of the molecule is CCOc1ccc(N2C[C@@H](c3nc4ccccc4n3Cc3ccc(Cl)cc3)CC2=O)cc1. The minimum Gasteiger partial charge on any atom is -0.494 e. The van der Waals surface area contributed by atoms with E-state index in [-0.39, 0.29) is 11.8 Å². The number of nitrogens with zero attached hydrogens (tertiary/aromatic N) is 3. The Bertz CT molecular complexity index is 1250. The summed E-state index contributed by atoms with van der Waals surface area (Å²) in [6.07, 6.45) is 0.442. The third kappa shape index (κ3) is 3.96. The molecule has 0 unspecified atom stereocenters. The van der Waals surface area contributed by atoms with Gasteiger partial charge in [0.25, 0.3) is 0 Å². The number of carbonyl (C=O) groups is 1. The Labute approximate surface area is 192 Å². The van der Waals surface area contributed by atoms with Gasteiger partial charge in [0.05, 0.1) is 17.6 Å². The van der Waals surface area contributed by atoms with Gasteiger partial charge in [-0.25, -0.2) is 4.98 Å². The molecule has 1 fully saturated rings. The first-order valence-corrected chi connectivity index (χ1v) is 11.2. The van der Waals surface area contributed by atoms with E-state index in [9.17, 15) is 4.79 Å². The molecule has 0 bridgehead atoms. The standard InChI is InChI=1S/C26H24ClN3O2/c1-2-32-22-13-11-21(12-14-22)29-17-19(15-25(29)31)26-28-23-5-3-4-6-24(23)30(26)16-18-7-9-20(27)10-8-18/h3-14,19H,2,15-17H2,1H3/t19-/m0/s1. The number of imidazole rings is 1. The average molecular weight is 446 g/mol. The molecular weight excluding hydrogens is 422 g/mol. The average Bonchev–Trinajstić information content (AvgIpc) is 3.37. The molecule has 1 aliphatic rings. The smallest absolute Gasteiger partial charge is 0.227 e. The fourth-order valence-corrected chi connectivity index (χ4v) is 4.49. The molecule has 3 aromatic carbocycles. The maximum atomic E-state index is 12.9. The number of halogens is 1. The summed E-state index contributed by atoms with van der Waals surface area (Å²) in [7, 11) is 0. The van der Waals surface area contributed by atoms with E-state index in [1.807, 2.05) is 78.6 Å². The van der Waals surface area contributed by atoms with Gasteiger partial charge in [0.15, 0.2) is 0 Å². The van der Waals surface area contributed by atoms with Crippen LogP contribution in [0.25, 0.3) is 11.0 Å². The highest BCUT2D eigenvalue weighted by Crippen LogP contribution is 2.34. The van der Waals surface area contributed by atoms with Crippen LogP contribution in [-0.2, 0) is 11.3 Å². The lowest BCUT2D eigenvalue weighted by Gasteiger charge is -2.18. The molecule has 0 radical (unpaired) electrons. The van der Waals surface area contributed by atoms with Crippen molar-refractivity contribution in [3.05, 3.63) is 89.2 Å². The summed E-state index contributed by atoms with van der Waals surface area (Å²) in [5.74, 6) is 1.89. The molecule has 0 spiro atoms. The van der Waals surface area contributed by atoms with Crippen LogP contribution in [0.5, 0.6) is 5.75 Å². The summed E-state index contributed by atoms with van der Waals surface area (Å²) < 4.78 is 7.76. The van der Waals surface area contributed by atoms with Crippen LogP contribution in [0, 0.1) is 0 Å². The Kier molecular flexibility index (Phi) is 5.58.